The second-order valence-corrected chi connectivity index (χ2v) is 8.61. The van der Waals surface area contributed by atoms with E-state index in [1.54, 1.807) is 11.8 Å². The molecule has 7 heteroatoms. The Morgan fingerprint density at radius 3 is 2.38 bits per heavy atom. The maximum atomic E-state index is 13.3. The van der Waals surface area contributed by atoms with Crippen LogP contribution < -0.4 is 0 Å². The lowest BCUT2D eigenvalue weighted by Gasteiger charge is -2.35. The molecule has 1 saturated heterocycles. The number of imide groups is 1. The average molecular weight is 417 g/mol. The number of amides is 3. The largest absolute Gasteiger partial charge is 0.450 e. The number of likely N-dealkylation sites (tertiary alicyclic amines) is 1. The molecule has 0 unspecified atom stereocenters. The van der Waals surface area contributed by atoms with Gasteiger partial charge in [-0.05, 0) is 56.1 Å². The molecule has 6 nitrogen and oxygen atoms in total. The van der Waals surface area contributed by atoms with Crippen molar-refractivity contribution in [3.63, 3.8) is 0 Å². The zero-order chi connectivity index (χ0) is 21.1. The molecule has 0 spiro atoms. The lowest BCUT2D eigenvalue weighted by Crippen LogP contribution is -2.49. The van der Waals surface area contributed by atoms with Crippen molar-refractivity contribution in [2.24, 2.45) is 0 Å². The van der Waals surface area contributed by atoms with Crippen molar-refractivity contribution < 1.29 is 19.1 Å². The number of hydrogen-bond donors (Lipinski definition) is 0. The van der Waals surface area contributed by atoms with E-state index in [4.69, 9.17) is 4.74 Å². The Labute approximate surface area is 176 Å². The zero-order valence-corrected chi connectivity index (χ0v) is 18.3. The minimum atomic E-state index is -0.332. The molecule has 1 aromatic carbocycles. The molecule has 0 bridgehead atoms. The van der Waals surface area contributed by atoms with E-state index < -0.39 is 0 Å². The molecule has 156 valence electrons. The van der Waals surface area contributed by atoms with E-state index in [2.05, 4.69) is 0 Å². The number of thioether (sulfide) groups is 1. The molecule has 2 aliphatic heterocycles. The van der Waals surface area contributed by atoms with Gasteiger partial charge >= 0.3 is 6.09 Å². The average Bonchev–Trinajstić information content (AvgIpc) is 2.95. The van der Waals surface area contributed by atoms with Crippen LogP contribution >= 0.6 is 11.8 Å². The quantitative estimate of drug-likeness (QED) is 0.684. The van der Waals surface area contributed by atoms with Crippen molar-refractivity contribution in [1.29, 1.82) is 0 Å². The number of carbonyl (C=O) groups is 3. The maximum Gasteiger partial charge on any atom is 0.409 e. The van der Waals surface area contributed by atoms with Gasteiger partial charge in [0, 0.05) is 19.1 Å². The molecule has 0 aliphatic carbocycles. The van der Waals surface area contributed by atoms with Gasteiger partial charge in [0.15, 0.2) is 0 Å². The van der Waals surface area contributed by atoms with Gasteiger partial charge in [-0.25, -0.2) is 4.79 Å². The molecule has 1 fully saturated rings. The van der Waals surface area contributed by atoms with Gasteiger partial charge in [-0.2, -0.15) is 0 Å². The highest BCUT2D eigenvalue weighted by Gasteiger charge is 2.43. The summed E-state index contributed by atoms with van der Waals surface area (Å²) >= 11 is 1.43. The number of aryl methyl sites for hydroxylation is 2. The topological polar surface area (TPSA) is 66.9 Å². The Balaban J connectivity index is 1.83. The zero-order valence-electron chi connectivity index (χ0n) is 17.5. The first-order chi connectivity index (χ1) is 13.9. The highest BCUT2D eigenvalue weighted by Crippen LogP contribution is 2.38. The summed E-state index contributed by atoms with van der Waals surface area (Å²) in [5, 5.41) is 0. The van der Waals surface area contributed by atoms with E-state index >= 15 is 0 Å². The van der Waals surface area contributed by atoms with Crippen LogP contribution in [0.15, 0.2) is 23.1 Å². The third kappa shape index (κ3) is 4.20. The first kappa shape index (κ1) is 21.4. The van der Waals surface area contributed by atoms with Crippen molar-refractivity contribution in [3.05, 3.63) is 39.8 Å². The van der Waals surface area contributed by atoms with Gasteiger partial charge < -0.3 is 9.64 Å². The van der Waals surface area contributed by atoms with Crippen LogP contribution in [0, 0.1) is 13.8 Å². The van der Waals surface area contributed by atoms with Crippen LogP contribution in [0.2, 0.25) is 0 Å². The highest BCUT2D eigenvalue weighted by atomic mass is 32.2. The number of piperidine rings is 1. The Morgan fingerprint density at radius 1 is 1.10 bits per heavy atom. The summed E-state index contributed by atoms with van der Waals surface area (Å²) in [6.07, 6.45) is 0.808. The molecule has 0 N–H and O–H groups in total. The fourth-order valence-corrected chi connectivity index (χ4v) is 4.67. The predicted molar refractivity (Wildman–Crippen MR) is 114 cm³/mol. The normalized spacial score (nSPS) is 18.1. The van der Waals surface area contributed by atoms with Gasteiger partial charge in [0.05, 0.1) is 17.1 Å². The summed E-state index contributed by atoms with van der Waals surface area (Å²) in [5.41, 5.74) is 3.56. The molecular weight excluding hydrogens is 388 g/mol. The van der Waals surface area contributed by atoms with Gasteiger partial charge in [0.1, 0.15) is 0 Å². The SMILES string of the molecule is CCOC(=O)N1CCC(N2C(=O)C(SCC)=C(c3ccc(C)c(C)c3)C2=O)CC1. The molecular formula is C22H28N2O4S. The second-order valence-electron chi connectivity index (χ2n) is 7.33. The standard InChI is InChI=1S/C22H28N2O4S/c1-5-28-22(27)23-11-9-17(10-12-23)24-20(25)18(19(21(24)26)29-6-2)16-8-7-14(3)15(4)13-16/h7-8,13,17H,5-6,9-12H2,1-4H3. The number of nitrogens with zero attached hydrogens (tertiary/aromatic N) is 2. The van der Waals surface area contributed by atoms with Crippen LogP contribution in [0.3, 0.4) is 0 Å². The maximum absolute atomic E-state index is 13.3. The van der Waals surface area contributed by atoms with Gasteiger partial charge in [0.2, 0.25) is 0 Å². The van der Waals surface area contributed by atoms with Crippen molar-refractivity contribution in [1.82, 2.24) is 9.80 Å². The van der Waals surface area contributed by atoms with Crippen molar-refractivity contribution >= 4 is 35.2 Å². The van der Waals surface area contributed by atoms with Crippen LogP contribution in [0.5, 0.6) is 0 Å². The number of rotatable bonds is 5. The molecule has 1 aromatic rings. The molecule has 3 amide bonds. The van der Waals surface area contributed by atoms with Crippen molar-refractivity contribution in [3.8, 4) is 0 Å². The predicted octanol–water partition coefficient (Wildman–Crippen LogP) is 3.76. The van der Waals surface area contributed by atoms with Gasteiger partial charge in [-0.15, -0.1) is 11.8 Å². The second kappa shape index (κ2) is 9.03. The van der Waals surface area contributed by atoms with E-state index in [1.165, 1.54) is 16.7 Å². The molecule has 2 aliphatic rings. The number of ether oxygens (including phenoxy) is 1. The molecule has 2 heterocycles. The van der Waals surface area contributed by atoms with Gasteiger partial charge in [-0.3, -0.25) is 14.5 Å². The first-order valence-corrected chi connectivity index (χ1v) is 11.1. The molecule has 0 saturated carbocycles. The van der Waals surface area contributed by atoms with E-state index in [9.17, 15) is 14.4 Å². The van der Waals surface area contributed by atoms with Crippen LogP contribution in [0.25, 0.3) is 5.57 Å². The summed E-state index contributed by atoms with van der Waals surface area (Å²) in [6.45, 7) is 9.10. The Morgan fingerprint density at radius 2 is 1.79 bits per heavy atom. The van der Waals surface area contributed by atoms with Crippen molar-refractivity contribution in [2.75, 3.05) is 25.4 Å². The highest BCUT2D eigenvalue weighted by molar-refractivity contribution is 8.04. The third-order valence-electron chi connectivity index (χ3n) is 5.51. The lowest BCUT2D eigenvalue weighted by molar-refractivity contribution is -0.140. The monoisotopic (exact) mass is 416 g/mol. The molecule has 0 radical (unpaired) electrons. The smallest absolute Gasteiger partial charge is 0.409 e. The van der Waals surface area contributed by atoms with E-state index in [0.29, 0.717) is 43.0 Å². The van der Waals surface area contributed by atoms with E-state index in [0.717, 1.165) is 22.4 Å². The van der Waals surface area contributed by atoms with Gasteiger partial charge in [0.25, 0.3) is 11.8 Å². The third-order valence-corrected chi connectivity index (χ3v) is 6.47. The number of carbonyl (C=O) groups excluding carboxylic acids is 3. The summed E-state index contributed by atoms with van der Waals surface area (Å²) in [5.74, 6) is 0.297. The molecule has 0 atom stereocenters. The summed E-state index contributed by atoms with van der Waals surface area (Å²) in [4.78, 5) is 42.1. The Bertz CT molecular complexity index is 856. The van der Waals surface area contributed by atoms with Crippen LogP contribution in [0.4, 0.5) is 4.79 Å². The van der Waals surface area contributed by atoms with Crippen LogP contribution in [-0.2, 0) is 14.3 Å². The number of benzene rings is 1. The molecule has 0 aromatic heterocycles. The van der Waals surface area contributed by atoms with E-state index in [1.807, 2.05) is 39.0 Å². The Kier molecular flexibility index (Phi) is 6.67. The number of hydrogen-bond acceptors (Lipinski definition) is 5. The van der Waals surface area contributed by atoms with Crippen molar-refractivity contribution in [2.45, 2.75) is 46.6 Å². The fraction of sp³-hybridized carbons (Fsp3) is 0.500. The fourth-order valence-electron chi connectivity index (χ4n) is 3.81. The summed E-state index contributed by atoms with van der Waals surface area (Å²) in [6, 6.07) is 5.70. The molecule has 29 heavy (non-hydrogen) atoms. The minimum Gasteiger partial charge on any atom is -0.450 e. The van der Waals surface area contributed by atoms with Crippen LogP contribution in [0.1, 0.15) is 43.4 Å². The van der Waals surface area contributed by atoms with Crippen LogP contribution in [-0.4, -0.2) is 59.2 Å². The lowest BCUT2D eigenvalue weighted by atomic mass is 10.00. The first-order valence-electron chi connectivity index (χ1n) is 10.1. The minimum absolute atomic E-state index is 0.197. The molecule has 3 rings (SSSR count). The summed E-state index contributed by atoms with van der Waals surface area (Å²) in [7, 11) is 0. The van der Waals surface area contributed by atoms with E-state index in [-0.39, 0.29) is 23.9 Å². The summed E-state index contributed by atoms with van der Waals surface area (Å²) < 4.78 is 5.06. The Hall–Kier alpha value is -2.28. The van der Waals surface area contributed by atoms with Gasteiger partial charge in [-0.1, -0.05) is 25.1 Å².